The van der Waals surface area contributed by atoms with Gasteiger partial charge in [0.2, 0.25) is 11.8 Å². The van der Waals surface area contributed by atoms with E-state index in [-0.39, 0.29) is 29.8 Å². The first-order chi connectivity index (χ1) is 11.5. The fourth-order valence-corrected chi connectivity index (χ4v) is 3.73. The smallest absolute Gasteiger partial charge is 0.240 e. The predicted molar refractivity (Wildman–Crippen MR) is 84.9 cm³/mol. The Morgan fingerprint density at radius 3 is 2.33 bits per heavy atom. The lowest BCUT2D eigenvalue weighted by molar-refractivity contribution is -0.124. The Kier molecular flexibility index (Phi) is 3.31. The van der Waals surface area contributed by atoms with Gasteiger partial charge in [-0.25, -0.2) is 4.90 Å². The minimum absolute atomic E-state index is 0.136. The third-order valence-electron chi connectivity index (χ3n) is 4.82. The van der Waals surface area contributed by atoms with E-state index in [0.29, 0.717) is 23.6 Å². The van der Waals surface area contributed by atoms with Gasteiger partial charge in [0.1, 0.15) is 5.75 Å². The number of ether oxygens (including phenoxy) is 2. The predicted octanol–water partition coefficient (Wildman–Crippen LogP) is 1.73. The molecule has 2 amide bonds. The lowest BCUT2D eigenvalue weighted by atomic mass is 9.85. The number of nitrogens with zero attached hydrogens (tertiary/aromatic N) is 1. The molecule has 0 aliphatic carbocycles. The molecule has 24 heavy (non-hydrogen) atoms. The van der Waals surface area contributed by atoms with Crippen molar-refractivity contribution in [1.29, 1.82) is 0 Å². The summed E-state index contributed by atoms with van der Waals surface area (Å²) in [6.45, 7) is 3.66. The lowest BCUT2D eigenvalue weighted by Gasteiger charge is -2.21. The highest BCUT2D eigenvalue weighted by molar-refractivity contribution is 6.24. The first-order valence-corrected chi connectivity index (χ1v) is 8.02. The molecule has 3 aliphatic rings. The monoisotopic (exact) mass is 327 g/mol. The standard InChI is InChI=1S/C18H17NO5/c1-3-23-12-5-4-10(9(2)20)8-11(12)19-17(21)15-13-6-7-14(24-13)16(15)18(19)22/h4-8,13-16H,3H2,1-2H3/t13-,14+,15-,16+. The van der Waals surface area contributed by atoms with Crippen molar-refractivity contribution in [2.45, 2.75) is 26.1 Å². The lowest BCUT2D eigenvalue weighted by Crippen LogP contribution is -2.34. The minimum Gasteiger partial charge on any atom is -0.492 e. The van der Waals surface area contributed by atoms with Gasteiger partial charge in [0.15, 0.2) is 5.78 Å². The number of fused-ring (bicyclic) bond motifs is 5. The van der Waals surface area contributed by atoms with Crippen LogP contribution in [0, 0.1) is 11.8 Å². The SMILES string of the molecule is CCOc1ccc(C(C)=O)cc1N1C(=O)[C@@H]2[C@H](C1=O)[C@H]1C=C[C@@H]2O1. The van der Waals surface area contributed by atoms with Gasteiger partial charge in [-0.15, -0.1) is 0 Å². The summed E-state index contributed by atoms with van der Waals surface area (Å²) in [6.07, 6.45) is 3.01. The Bertz CT molecular complexity index is 754. The summed E-state index contributed by atoms with van der Waals surface area (Å²) in [6, 6.07) is 4.82. The Morgan fingerprint density at radius 2 is 1.79 bits per heavy atom. The van der Waals surface area contributed by atoms with Crippen molar-refractivity contribution in [1.82, 2.24) is 0 Å². The van der Waals surface area contributed by atoms with Gasteiger partial charge < -0.3 is 9.47 Å². The summed E-state index contributed by atoms with van der Waals surface area (Å²) in [5.41, 5.74) is 0.775. The third-order valence-corrected chi connectivity index (χ3v) is 4.82. The first-order valence-electron chi connectivity index (χ1n) is 8.02. The maximum absolute atomic E-state index is 12.9. The van der Waals surface area contributed by atoms with E-state index in [1.165, 1.54) is 11.8 Å². The van der Waals surface area contributed by atoms with E-state index < -0.39 is 11.8 Å². The van der Waals surface area contributed by atoms with Crippen LogP contribution in [0.15, 0.2) is 30.4 Å². The van der Waals surface area contributed by atoms with Crippen LogP contribution < -0.4 is 9.64 Å². The number of hydrogen-bond acceptors (Lipinski definition) is 5. The summed E-state index contributed by atoms with van der Waals surface area (Å²) in [4.78, 5) is 38.6. The number of rotatable bonds is 4. The molecule has 3 heterocycles. The van der Waals surface area contributed by atoms with E-state index in [9.17, 15) is 14.4 Å². The maximum atomic E-state index is 12.9. The van der Waals surface area contributed by atoms with Crippen molar-refractivity contribution in [2.24, 2.45) is 11.8 Å². The molecule has 4 atom stereocenters. The zero-order valence-electron chi connectivity index (χ0n) is 13.4. The fraction of sp³-hybridized carbons (Fsp3) is 0.389. The molecule has 1 aromatic rings. The fourth-order valence-electron chi connectivity index (χ4n) is 3.73. The zero-order valence-corrected chi connectivity index (χ0v) is 13.4. The minimum atomic E-state index is -0.483. The van der Waals surface area contributed by atoms with E-state index in [1.807, 2.05) is 19.1 Å². The van der Waals surface area contributed by atoms with E-state index in [0.717, 1.165) is 0 Å². The molecule has 0 N–H and O–H groups in total. The largest absolute Gasteiger partial charge is 0.492 e. The molecular weight excluding hydrogens is 310 g/mol. The highest BCUT2D eigenvalue weighted by Crippen LogP contribution is 2.47. The molecule has 6 heteroatoms. The third kappa shape index (κ3) is 1.96. The number of Topliss-reactive ketones (excluding diaryl/α,β-unsaturated/α-hetero) is 1. The van der Waals surface area contributed by atoms with Crippen molar-refractivity contribution < 1.29 is 23.9 Å². The van der Waals surface area contributed by atoms with Crippen molar-refractivity contribution in [3.8, 4) is 5.75 Å². The zero-order chi connectivity index (χ0) is 17.0. The highest BCUT2D eigenvalue weighted by Gasteiger charge is 2.61. The Hall–Kier alpha value is -2.47. The molecule has 2 saturated heterocycles. The Balaban J connectivity index is 1.78. The van der Waals surface area contributed by atoms with E-state index >= 15 is 0 Å². The summed E-state index contributed by atoms with van der Waals surface area (Å²) in [7, 11) is 0. The van der Waals surface area contributed by atoms with Gasteiger partial charge in [-0.2, -0.15) is 0 Å². The second-order valence-electron chi connectivity index (χ2n) is 6.19. The second kappa shape index (κ2) is 5.27. The van der Waals surface area contributed by atoms with Crippen molar-refractivity contribution in [2.75, 3.05) is 11.5 Å². The second-order valence-corrected chi connectivity index (χ2v) is 6.19. The van der Waals surface area contributed by atoms with E-state index in [2.05, 4.69) is 0 Å². The normalized spacial score (nSPS) is 30.2. The quantitative estimate of drug-likeness (QED) is 0.478. The molecular formula is C18H17NO5. The number of carbonyl (C=O) groups excluding carboxylic acids is 3. The molecule has 4 rings (SSSR count). The van der Waals surface area contributed by atoms with Gasteiger partial charge in [-0.05, 0) is 32.0 Å². The molecule has 3 aliphatic heterocycles. The molecule has 0 unspecified atom stereocenters. The van der Waals surface area contributed by atoms with Crippen LogP contribution in [0.4, 0.5) is 5.69 Å². The maximum Gasteiger partial charge on any atom is 0.240 e. The molecule has 0 aromatic heterocycles. The number of hydrogen-bond donors (Lipinski definition) is 0. The molecule has 2 bridgehead atoms. The number of amides is 2. The van der Waals surface area contributed by atoms with Crippen LogP contribution in [-0.4, -0.2) is 36.4 Å². The van der Waals surface area contributed by atoms with E-state index in [1.54, 1.807) is 18.2 Å². The van der Waals surface area contributed by atoms with Crippen molar-refractivity contribution in [3.05, 3.63) is 35.9 Å². The van der Waals surface area contributed by atoms with Crippen LogP contribution in [0.3, 0.4) is 0 Å². The first kappa shape index (κ1) is 15.1. The van der Waals surface area contributed by atoms with Gasteiger partial charge in [-0.3, -0.25) is 14.4 Å². The molecule has 6 nitrogen and oxygen atoms in total. The summed E-state index contributed by atoms with van der Waals surface area (Å²) >= 11 is 0. The number of imide groups is 1. The topological polar surface area (TPSA) is 72.9 Å². The molecule has 0 radical (unpaired) electrons. The van der Waals surface area contributed by atoms with Gasteiger partial charge in [-0.1, -0.05) is 12.2 Å². The van der Waals surface area contributed by atoms with Gasteiger partial charge >= 0.3 is 0 Å². The average molecular weight is 327 g/mol. The average Bonchev–Trinajstić information content (AvgIpc) is 3.22. The van der Waals surface area contributed by atoms with Crippen LogP contribution in [0.2, 0.25) is 0 Å². The van der Waals surface area contributed by atoms with Crippen LogP contribution >= 0.6 is 0 Å². The summed E-state index contributed by atoms with van der Waals surface area (Å²) < 4.78 is 11.2. The summed E-state index contributed by atoms with van der Waals surface area (Å²) in [5, 5.41) is 0. The highest BCUT2D eigenvalue weighted by atomic mass is 16.5. The Labute approximate surface area is 139 Å². The van der Waals surface area contributed by atoms with Gasteiger partial charge in [0.05, 0.1) is 36.3 Å². The molecule has 0 spiro atoms. The van der Waals surface area contributed by atoms with Crippen LogP contribution in [-0.2, 0) is 14.3 Å². The molecule has 124 valence electrons. The van der Waals surface area contributed by atoms with Gasteiger partial charge in [0.25, 0.3) is 0 Å². The molecule has 2 fully saturated rings. The van der Waals surface area contributed by atoms with E-state index in [4.69, 9.17) is 9.47 Å². The number of ketones is 1. The van der Waals surface area contributed by atoms with Crippen LogP contribution in [0.1, 0.15) is 24.2 Å². The summed E-state index contributed by atoms with van der Waals surface area (Å²) in [5.74, 6) is -1.26. The molecule has 0 saturated carbocycles. The van der Waals surface area contributed by atoms with Crippen LogP contribution in [0.25, 0.3) is 0 Å². The molecule has 1 aromatic carbocycles. The Morgan fingerprint density at radius 1 is 1.17 bits per heavy atom. The van der Waals surface area contributed by atoms with Crippen LogP contribution in [0.5, 0.6) is 5.75 Å². The number of benzene rings is 1. The van der Waals surface area contributed by atoms with Crippen molar-refractivity contribution >= 4 is 23.3 Å². The number of carbonyl (C=O) groups is 3. The van der Waals surface area contributed by atoms with Crippen molar-refractivity contribution in [3.63, 3.8) is 0 Å². The number of anilines is 1. The van der Waals surface area contributed by atoms with Gasteiger partial charge in [0, 0.05) is 5.56 Å².